The molecule has 0 amide bonds. The van der Waals surface area contributed by atoms with Crippen molar-refractivity contribution in [2.24, 2.45) is 0 Å². The molecule has 0 spiro atoms. The minimum atomic E-state index is -3.36. The number of nitrogens with one attached hydrogen (secondary N) is 2. The van der Waals surface area contributed by atoms with Gasteiger partial charge in [0, 0.05) is 35.3 Å². The summed E-state index contributed by atoms with van der Waals surface area (Å²) >= 11 is 0. The van der Waals surface area contributed by atoms with Gasteiger partial charge < -0.3 is 19.5 Å². The number of methoxy groups -OCH3 is 3. The minimum Gasteiger partial charge on any atom is -0.493 e. The molecule has 158 valence electrons. The molecule has 3 aromatic rings. The van der Waals surface area contributed by atoms with Crippen molar-refractivity contribution in [1.29, 1.82) is 0 Å². The average molecular weight is 429 g/mol. The summed E-state index contributed by atoms with van der Waals surface area (Å²) in [4.78, 5) is 4.29. The average Bonchev–Trinajstić information content (AvgIpc) is 2.72. The molecule has 0 saturated carbocycles. The zero-order valence-electron chi connectivity index (χ0n) is 17.1. The third kappa shape index (κ3) is 5.12. The van der Waals surface area contributed by atoms with Crippen molar-refractivity contribution in [3.8, 4) is 28.4 Å². The van der Waals surface area contributed by atoms with Crippen molar-refractivity contribution in [1.82, 2.24) is 4.98 Å². The molecule has 0 fully saturated rings. The van der Waals surface area contributed by atoms with E-state index in [4.69, 9.17) is 14.2 Å². The summed E-state index contributed by atoms with van der Waals surface area (Å²) < 4.78 is 41.6. The van der Waals surface area contributed by atoms with Crippen LogP contribution in [0.1, 0.15) is 0 Å². The standard InChI is InChI=1S/C21H23N3O5S/c1-27-19-10-17(11-20(28-2)21(19)29-3)23-18-9-15(12-22-13-18)14-6-5-7-16(8-14)24-30(4,25)26/h5-13,23-24H,1-4H3. The lowest BCUT2D eigenvalue weighted by Gasteiger charge is -2.15. The third-order valence-corrected chi connectivity index (χ3v) is 4.80. The molecule has 30 heavy (non-hydrogen) atoms. The van der Waals surface area contributed by atoms with Gasteiger partial charge in [-0.2, -0.15) is 0 Å². The molecule has 2 aromatic carbocycles. The molecular formula is C21H23N3O5S. The first-order valence-electron chi connectivity index (χ1n) is 8.93. The van der Waals surface area contributed by atoms with Gasteiger partial charge in [0.05, 0.1) is 39.5 Å². The second kappa shape index (κ2) is 8.91. The van der Waals surface area contributed by atoms with Gasteiger partial charge in [-0.05, 0) is 23.8 Å². The number of hydrogen-bond donors (Lipinski definition) is 2. The van der Waals surface area contributed by atoms with Crippen molar-refractivity contribution in [3.63, 3.8) is 0 Å². The van der Waals surface area contributed by atoms with E-state index >= 15 is 0 Å². The van der Waals surface area contributed by atoms with Gasteiger partial charge in [0.1, 0.15) is 0 Å². The lowest BCUT2D eigenvalue weighted by molar-refractivity contribution is 0.324. The predicted octanol–water partition coefficient (Wildman–Crippen LogP) is 3.89. The summed E-state index contributed by atoms with van der Waals surface area (Å²) in [6, 6.07) is 12.6. The van der Waals surface area contributed by atoms with Crippen LogP contribution in [0.4, 0.5) is 17.1 Å². The van der Waals surface area contributed by atoms with Gasteiger partial charge >= 0.3 is 0 Å². The zero-order chi connectivity index (χ0) is 21.7. The lowest BCUT2D eigenvalue weighted by Crippen LogP contribution is -2.09. The summed E-state index contributed by atoms with van der Waals surface area (Å²) in [5.74, 6) is 1.57. The molecule has 0 aliphatic rings. The van der Waals surface area contributed by atoms with Crippen LogP contribution in [-0.2, 0) is 10.0 Å². The van der Waals surface area contributed by atoms with E-state index in [0.717, 1.165) is 28.8 Å². The van der Waals surface area contributed by atoms with Gasteiger partial charge in [0.2, 0.25) is 15.8 Å². The van der Waals surface area contributed by atoms with Crippen LogP contribution in [0, 0.1) is 0 Å². The van der Waals surface area contributed by atoms with Crippen molar-refractivity contribution in [3.05, 3.63) is 54.9 Å². The van der Waals surface area contributed by atoms with E-state index in [1.165, 1.54) is 0 Å². The van der Waals surface area contributed by atoms with Gasteiger partial charge in [-0.1, -0.05) is 12.1 Å². The fourth-order valence-corrected chi connectivity index (χ4v) is 3.52. The van der Waals surface area contributed by atoms with E-state index < -0.39 is 10.0 Å². The third-order valence-electron chi connectivity index (χ3n) is 4.19. The van der Waals surface area contributed by atoms with E-state index in [1.807, 2.05) is 12.1 Å². The Hall–Kier alpha value is -3.46. The number of anilines is 3. The Labute approximate surface area is 175 Å². The molecule has 1 aromatic heterocycles. The fourth-order valence-electron chi connectivity index (χ4n) is 2.96. The van der Waals surface area contributed by atoms with Gasteiger partial charge in [-0.3, -0.25) is 9.71 Å². The van der Waals surface area contributed by atoms with Crippen LogP contribution in [0.5, 0.6) is 17.2 Å². The highest BCUT2D eigenvalue weighted by molar-refractivity contribution is 7.92. The highest BCUT2D eigenvalue weighted by Gasteiger charge is 2.13. The Balaban J connectivity index is 1.91. The van der Waals surface area contributed by atoms with Crippen molar-refractivity contribution >= 4 is 27.1 Å². The maximum atomic E-state index is 11.5. The number of benzene rings is 2. The molecule has 3 rings (SSSR count). The smallest absolute Gasteiger partial charge is 0.229 e. The Morgan fingerprint density at radius 2 is 1.47 bits per heavy atom. The zero-order valence-corrected chi connectivity index (χ0v) is 17.9. The summed E-state index contributed by atoms with van der Waals surface area (Å²) in [5.41, 5.74) is 3.60. The summed E-state index contributed by atoms with van der Waals surface area (Å²) in [5, 5.41) is 3.28. The fraction of sp³-hybridized carbons (Fsp3) is 0.190. The highest BCUT2D eigenvalue weighted by atomic mass is 32.2. The molecule has 0 bridgehead atoms. The normalized spacial score (nSPS) is 10.9. The molecule has 0 aliphatic heterocycles. The van der Waals surface area contributed by atoms with Gasteiger partial charge in [-0.25, -0.2) is 8.42 Å². The molecule has 0 radical (unpaired) electrons. The van der Waals surface area contributed by atoms with E-state index in [0.29, 0.717) is 22.9 Å². The number of hydrogen-bond acceptors (Lipinski definition) is 7. The maximum Gasteiger partial charge on any atom is 0.229 e. The maximum absolute atomic E-state index is 11.5. The van der Waals surface area contributed by atoms with E-state index in [9.17, 15) is 8.42 Å². The van der Waals surface area contributed by atoms with E-state index in [2.05, 4.69) is 15.0 Å². The van der Waals surface area contributed by atoms with Crippen LogP contribution in [-0.4, -0.2) is 41.0 Å². The first kappa shape index (κ1) is 21.3. The Morgan fingerprint density at radius 3 is 2.07 bits per heavy atom. The largest absolute Gasteiger partial charge is 0.493 e. The molecular weight excluding hydrogens is 406 g/mol. The van der Waals surface area contributed by atoms with Crippen LogP contribution in [0.3, 0.4) is 0 Å². The molecule has 2 N–H and O–H groups in total. The highest BCUT2D eigenvalue weighted by Crippen LogP contribution is 2.40. The minimum absolute atomic E-state index is 0.484. The van der Waals surface area contributed by atoms with E-state index in [-0.39, 0.29) is 0 Å². The van der Waals surface area contributed by atoms with Crippen LogP contribution in [0.2, 0.25) is 0 Å². The summed E-state index contributed by atoms with van der Waals surface area (Å²) in [7, 11) is 1.31. The quantitative estimate of drug-likeness (QED) is 0.560. The Kier molecular flexibility index (Phi) is 6.31. The molecule has 1 heterocycles. The first-order chi connectivity index (χ1) is 14.3. The number of nitrogens with zero attached hydrogens (tertiary/aromatic N) is 1. The van der Waals surface area contributed by atoms with Gasteiger partial charge in [-0.15, -0.1) is 0 Å². The molecule has 8 nitrogen and oxygen atoms in total. The number of pyridine rings is 1. The van der Waals surface area contributed by atoms with Crippen LogP contribution >= 0.6 is 0 Å². The SMILES string of the molecule is COc1cc(Nc2cncc(-c3cccc(NS(C)(=O)=O)c3)c2)cc(OC)c1OC. The lowest BCUT2D eigenvalue weighted by atomic mass is 10.1. The first-order valence-corrected chi connectivity index (χ1v) is 10.8. The van der Waals surface area contributed by atoms with Crippen LogP contribution < -0.4 is 24.2 Å². The number of sulfonamides is 1. The number of ether oxygens (including phenoxy) is 3. The van der Waals surface area contributed by atoms with Crippen LogP contribution in [0.15, 0.2) is 54.9 Å². The second-order valence-electron chi connectivity index (χ2n) is 6.46. The van der Waals surface area contributed by atoms with Crippen LogP contribution in [0.25, 0.3) is 11.1 Å². The van der Waals surface area contributed by atoms with Crippen molar-refractivity contribution < 1.29 is 22.6 Å². The van der Waals surface area contributed by atoms with Crippen molar-refractivity contribution in [2.75, 3.05) is 37.6 Å². The summed E-state index contributed by atoms with van der Waals surface area (Å²) in [6.07, 6.45) is 4.51. The topological polar surface area (TPSA) is 98.8 Å². The van der Waals surface area contributed by atoms with E-state index in [1.54, 1.807) is 64.1 Å². The molecule has 0 unspecified atom stereocenters. The number of aromatic nitrogens is 1. The Morgan fingerprint density at radius 1 is 0.800 bits per heavy atom. The predicted molar refractivity (Wildman–Crippen MR) is 118 cm³/mol. The summed E-state index contributed by atoms with van der Waals surface area (Å²) in [6.45, 7) is 0. The molecule has 9 heteroatoms. The molecule has 0 saturated heterocycles. The van der Waals surface area contributed by atoms with Gasteiger partial charge in [0.25, 0.3) is 0 Å². The Bertz CT molecular complexity index is 1120. The van der Waals surface area contributed by atoms with Gasteiger partial charge in [0.15, 0.2) is 11.5 Å². The molecule has 0 atom stereocenters. The molecule has 0 aliphatic carbocycles. The monoisotopic (exact) mass is 429 g/mol. The number of rotatable bonds is 8. The van der Waals surface area contributed by atoms with Crippen molar-refractivity contribution in [2.45, 2.75) is 0 Å². The second-order valence-corrected chi connectivity index (χ2v) is 8.20.